The van der Waals surface area contributed by atoms with E-state index >= 15 is 0 Å². The lowest BCUT2D eigenvalue weighted by Crippen LogP contribution is -2.39. The van der Waals surface area contributed by atoms with E-state index in [1.54, 1.807) is 4.90 Å². The van der Waals surface area contributed by atoms with E-state index in [1.807, 2.05) is 0 Å². The molecule has 0 aromatic carbocycles. The van der Waals surface area contributed by atoms with Crippen LogP contribution in [0.5, 0.6) is 0 Å². The highest BCUT2D eigenvalue weighted by Gasteiger charge is 2.24. The summed E-state index contributed by atoms with van der Waals surface area (Å²) in [5.41, 5.74) is 0. The Kier molecular flexibility index (Phi) is 5.29. The van der Waals surface area contributed by atoms with E-state index < -0.39 is 0 Å². The van der Waals surface area contributed by atoms with E-state index in [0.717, 1.165) is 32.5 Å². The number of nitrogens with zero attached hydrogens (tertiary/aromatic N) is 1. The molecule has 0 bridgehead atoms. The highest BCUT2D eigenvalue weighted by Crippen LogP contribution is 2.23. The second-order valence-electron chi connectivity index (χ2n) is 5.49. The van der Waals surface area contributed by atoms with E-state index in [1.165, 1.54) is 39.2 Å². The lowest BCUT2D eigenvalue weighted by atomic mass is 9.96. The summed E-state index contributed by atoms with van der Waals surface area (Å²) in [4.78, 5) is 13.1. The van der Waals surface area contributed by atoms with Gasteiger partial charge in [-0.15, -0.1) is 0 Å². The van der Waals surface area contributed by atoms with Crippen LogP contribution in [-0.2, 0) is 9.47 Å². The van der Waals surface area contributed by atoms with Crippen molar-refractivity contribution >= 4 is 6.09 Å². The van der Waals surface area contributed by atoms with Gasteiger partial charge in [0.05, 0.1) is 13.2 Å². The number of methoxy groups -OCH3 is 1. The molecule has 1 amide bonds. The van der Waals surface area contributed by atoms with Gasteiger partial charge in [-0.2, -0.15) is 0 Å². The Labute approximate surface area is 110 Å². The molecule has 0 aromatic heterocycles. The standard InChI is InChI=1S/C14H25NO3/c1-17-14(16)15-9-7-12(8-10-15)11-18-13-5-3-2-4-6-13/h12-13H,2-11H2,1H3. The topological polar surface area (TPSA) is 38.8 Å². The van der Waals surface area contributed by atoms with Crippen molar-refractivity contribution in [2.75, 3.05) is 26.8 Å². The maximum atomic E-state index is 11.4. The van der Waals surface area contributed by atoms with Crippen LogP contribution in [0.3, 0.4) is 0 Å². The Bertz CT molecular complexity index is 256. The monoisotopic (exact) mass is 255 g/mol. The number of piperidine rings is 1. The molecule has 1 saturated heterocycles. The molecule has 1 aliphatic heterocycles. The number of hydrogen-bond acceptors (Lipinski definition) is 3. The Morgan fingerprint density at radius 3 is 2.39 bits per heavy atom. The Morgan fingerprint density at radius 1 is 1.11 bits per heavy atom. The average molecular weight is 255 g/mol. The molecule has 4 nitrogen and oxygen atoms in total. The van der Waals surface area contributed by atoms with Crippen molar-refractivity contribution < 1.29 is 14.3 Å². The minimum Gasteiger partial charge on any atom is -0.453 e. The fraction of sp³-hybridized carbons (Fsp3) is 0.929. The second-order valence-corrected chi connectivity index (χ2v) is 5.49. The van der Waals surface area contributed by atoms with Gasteiger partial charge in [0.25, 0.3) is 0 Å². The molecule has 0 spiro atoms. The van der Waals surface area contributed by atoms with Crippen molar-refractivity contribution in [1.82, 2.24) is 4.90 Å². The zero-order chi connectivity index (χ0) is 12.8. The van der Waals surface area contributed by atoms with Gasteiger partial charge in [0.2, 0.25) is 0 Å². The third-order valence-corrected chi connectivity index (χ3v) is 4.17. The minimum absolute atomic E-state index is 0.193. The van der Waals surface area contributed by atoms with E-state index in [2.05, 4.69) is 0 Å². The van der Waals surface area contributed by atoms with Crippen molar-refractivity contribution in [3.05, 3.63) is 0 Å². The van der Waals surface area contributed by atoms with Crippen LogP contribution < -0.4 is 0 Å². The summed E-state index contributed by atoms with van der Waals surface area (Å²) in [6, 6.07) is 0. The summed E-state index contributed by atoms with van der Waals surface area (Å²) in [5, 5.41) is 0. The maximum absolute atomic E-state index is 11.4. The van der Waals surface area contributed by atoms with E-state index in [-0.39, 0.29) is 6.09 Å². The summed E-state index contributed by atoms with van der Waals surface area (Å²) >= 11 is 0. The maximum Gasteiger partial charge on any atom is 0.409 e. The molecule has 18 heavy (non-hydrogen) atoms. The first kappa shape index (κ1) is 13.7. The molecule has 2 aliphatic rings. The summed E-state index contributed by atoms with van der Waals surface area (Å²) in [6.45, 7) is 2.50. The van der Waals surface area contributed by atoms with Crippen molar-refractivity contribution in [2.45, 2.75) is 51.0 Å². The van der Waals surface area contributed by atoms with Crippen molar-refractivity contribution in [2.24, 2.45) is 5.92 Å². The van der Waals surface area contributed by atoms with Crippen LogP contribution in [0.1, 0.15) is 44.9 Å². The molecule has 1 heterocycles. The number of amides is 1. The molecule has 2 rings (SSSR count). The van der Waals surface area contributed by atoms with E-state index in [4.69, 9.17) is 9.47 Å². The Morgan fingerprint density at radius 2 is 1.78 bits per heavy atom. The highest BCUT2D eigenvalue weighted by atomic mass is 16.5. The van der Waals surface area contributed by atoms with Crippen LogP contribution in [0.4, 0.5) is 4.79 Å². The molecule has 104 valence electrons. The second kappa shape index (κ2) is 6.98. The number of hydrogen-bond donors (Lipinski definition) is 0. The number of likely N-dealkylation sites (tertiary alicyclic amines) is 1. The van der Waals surface area contributed by atoms with Gasteiger partial charge in [-0.25, -0.2) is 4.79 Å². The van der Waals surface area contributed by atoms with Gasteiger partial charge in [0.15, 0.2) is 0 Å². The fourth-order valence-corrected chi connectivity index (χ4v) is 2.92. The van der Waals surface area contributed by atoms with Crippen LogP contribution in [0, 0.1) is 5.92 Å². The third kappa shape index (κ3) is 3.87. The summed E-state index contributed by atoms with van der Waals surface area (Å²) in [6.07, 6.45) is 8.89. The first-order chi connectivity index (χ1) is 8.79. The molecule has 0 atom stereocenters. The van der Waals surface area contributed by atoms with Crippen LogP contribution >= 0.6 is 0 Å². The molecular weight excluding hydrogens is 230 g/mol. The molecular formula is C14H25NO3. The average Bonchev–Trinajstić information content (AvgIpc) is 2.46. The smallest absolute Gasteiger partial charge is 0.409 e. The number of carbonyl (C=O) groups is 1. The van der Waals surface area contributed by atoms with Gasteiger partial charge in [0, 0.05) is 19.7 Å². The lowest BCUT2D eigenvalue weighted by Gasteiger charge is -2.32. The van der Waals surface area contributed by atoms with Gasteiger partial charge < -0.3 is 14.4 Å². The summed E-state index contributed by atoms with van der Waals surface area (Å²) < 4.78 is 10.7. The van der Waals surface area contributed by atoms with E-state index in [9.17, 15) is 4.79 Å². The van der Waals surface area contributed by atoms with Crippen LogP contribution in [0.2, 0.25) is 0 Å². The van der Waals surface area contributed by atoms with E-state index in [0.29, 0.717) is 12.0 Å². The number of rotatable bonds is 3. The predicted molar refractivity (Wildman–Crippen MR) is 69.5 cm³/mol. The van der Waals surface area contributed by atoms with Crippen molar-refractivity contribution in [3.63, 3.8) is 0 Å². The quantitative estimate of drug-likeness (QED) is 0.778. The Hall–Kier alpha value is -0.770. The first-order valence-corrected chi connectivity index (χ1v) is 7.24. The zero-order valence-corrected chi connectivity index (χ0v) is 11.4. The normalized spacial score (nSPS) is 23.1. The molecule has 0 aromatic rings. The van der Waals surface area contributed by atoms with Crippen molar-refractivity contribution in [3.8, 4) is 0 Å². The fourth-order valence-electron chi connectivity index (χ4n) is 2.92. The van der Waals surface area contributed by atoms with Crippen LogP contribution in [0.15, 0.2) is 0 Å². The highest BCUT2D eigenvalue weighted by molar-refractivity contribution is 5.67. The number of ether oxygens (including phenoxy) is 2. The van der Waals surface area contributed by atoms with Gasteiger partial charge in [-0.05, 0) is 31.6 Å². The lowest BCUT2D eigenvalue weighted by molar-refractivity contribution is -0.00468. The molecule has 0 radical (unpaired) electrons. The molecule has 4 heteroatoms. The largest absolute Gasteiger partial charge is 0.453 e. The Balaban J connectivity index is 1.62. The molecule has 0 unspecified atom stereocenters. The minimum atomic E-state index is -0.193. The van der Waals surface area contributed by atoms with Crippen molar-refractivity contribution in [1.29, 1.82) is 0 Å². The van der Waals surface area contributed by atoms with Gasteiger partial charge in [0.1, 0.15) is 0 Å². The SMILES string of the molecule is COC(=O)N1CCC(COC2CCCCC2)CC1. The zero-order valence-electron chi connectivity index (χ0n) is 11.4. The molecule has 1 saturated carbocycles. The van der Waals surface area contributed by atoms with Crippen LogP contribution in [-0.4, -0.2) is 43.9 Å². The summed E-state index contributed by atoms with van der Waals surface area (Å²) in [7, 11) is 1.45. The number of carbonyl (C=O) groups excluding carboxylic acids is 1. The molecule has 0 N–H and O–H groups in total. The van der Waals surface area contributed by atoms with Crippen LogP contribution in [0.25, 0.3) is 0 Å². The van der Waals surface area contributed by atoms with Gasteiger partial charge >= 0.3 is 6.09 Å². The van der Waals surface area contributed by atoms with Gasteiger partial charge in [-0.1, -0.05) is 19.3 Å². The molecule has 1 aliphatic carbocycles. The molecule has 2 fully saturated rings. The first-order valence-electron chi connectivity index (χ1n) is 7.24. The predicted octanol–water partition coefficient (Wildman–Crippen LogP) is 2.81. The summed E-state index contributed by atoms with van der Waals surface area (Å²) in [5.74, 6) is 0.618. The third-order valence-electron chi connectivity index (χ3n) is 4.17. The van der Waals surface area contributed by atoms with Gasteiger partial charge in [-0.3, -0.25) is 0 Å².